The Bertz CT molecular complexity index is 819. The normalized spacial score (nSPS) is 25.6. The van der Waals surface area contributed by atoms with Gasteiger partial charge < -0.3 is 15.5 Å². The molecule has 7 nitrogen and oxygen atoms in total. The number of likely N-dealkylation sites (tertiary alicyclic amines) is 1. The van der Waals surface area contributed by atoms with Gasteiger partial charge in [-0.3, -0.25) is 15.0 Å². The summed E-state index contributed by atoms with van der Waals surface area (Å²) < 4.78 is 0. The first-order valence-electron chi connectivity index (χ1n) is 11.9. The Balaban J connectivity index is 1.12. The average Bonchev–Trinajstić information content (AvgIpc) is 2.75. The van der Waals surface area contributed by atoms with Crippen molar-refractivity contribution in [3.8, 4) is 0 Å². The Kier molecular flexibility index (Phi) is 5.65. The summed E-state index contributed by atoms with van der Waals surface area (Å²) in [6, 6.07) is 8.31. The Morgan fingerprint density at radius 2 is 1.71 bits per heavy atom. The van der Waals surface area contributed by atoms with Gasteiger partial charge in [0.2, 0.25) is 5.91 Å². The monoisotopic (exact) mass is 425 g/mol. The van der Waals surface area contributed by atoms with Crippen molar-refractivity contribution >= 4 is 23.3 Å². The Hall–Kier alpha value is -2.12. The van der Waals surface area contributed by atoms with Crippen molar-refractivity contribution in [2.24, 2.45) is 17.1 Å². The van der Waals surface area contributed by atoms with Crippen molar-refractivity contribution in [3.63, 3.8) is 0 Å². The van der Waals surface area contributed by atoms with E-state index in [9.17, 15) is 9.59 Å². The maximum Gasteiger partial charge on any atom is 0.328 e. The molecule has 4 fully saturated rings. The lowest BCUT2D eigenvalue weighted by atomic mass is 9.60. The molecule has 1 aliphatic carbocycles. The number of nitrogens with one attached hydrogen (secondary N) is 1. The molecule has 0 aromatic heterocycles. The third-order valence-corrected chi connectivity index (χ3v) is 8.00. The number of carbonyl (C=O) groups excluding carboxylic acids is 2. The highest BCUT2D eigenvalue weighted by Gasteiger charge is 2.44. The van der Waals surface area contributed by atoms with Crippen LogP contribution in [0.3, 0.4) is 0 Å². The summed E-state index contributed by atoms with van der Waals surface area (Å²) in [4.78, 5) is 30.4. The Morgan fingerprint density at radius 1 is 1.00 bits per heavy atom. The fourth-order valence-electron chi connectivity index (χ4n) is 6.08. The molecule has 0 radical (unpaired) electrons. The number of nitrogens with two attached hydrogens (primary N) is 1. The van der Waals surface area contributed by atoms with Crippen molar-refractivity contribution in [1.82, 2.24) is 10.2 Å². The molecule has 4 aliphatic rings. The van der Waals surface area contributed by atoms with Gasteiger partial charge in [-0.25, -0.2) is 4.79 Å². The number of benzene rings is 1. The van der Waals surface area contributed by atoms with Gasteiger partial charge >= 0.3 is 6.03 Å². The number of amides is 3. The minimum absolute atomic E-state index is 0.195. The molecule has 3 heterocycles. The minimum Gasteiger partial charge on any atom is -0.371 e. The molecule has 0 unspecified atom stereocenters. The van der Waals surface area contributed by atoms with Gasteiger partial charge in [-0.1, -0.05) is 6.07 Å². The molecule has 0 bridgehead atoms. The molecule has 3 saturated heterocycles. The lowest BCUT2D eigenvalue weighted by Crippen LogP contribution is -2.52. The van der Waals surface area contributed by atoms with E-state index in [1.807, 2.05) is 12.1 Å². The second kappa shape index (κ2) is 8.43. The Labute approximate surface area is 184 Å². The molecular formula is C24H35N5O2. The highest BCUT2D eigenvalue weighted by Crippen LogP contribution is 2.48. The topological polar surface area (TPSA) is 81.9 Å². The number of rotatable bonds is 4. The van der Waals surface area contributed by atoms with E-state index in [4.69, 9.17) is 5.73 Å². The molecular weight excluding hydrogens is 390 g/mol. The zero-order valence-electron chi connectivity index (χ0n) is 18.4. The van der Waals surface area contributed by atoms with Crippen molar-refractivity contribution in [2.45, 2.75) is 51.0 Å². The zero-order chi connectivity index (χ0) is 21.4. The standard InChI is InChI=1S/C24H35N5O2/c25-19-15-24(16-19)7-12-27(13-8-24)17-18-4-9-28(10-5-18)20-2-1-3-21(14-20)29-11-6-22(30)26-23(29)31/h1-3,14,18-19H,4-13,15-17,25H2,(H,26,30,31). The van der Waals surface area contributed by atoms with E-state index in [-0.39, 0.29) is 11.9 Å². The van der Waals surface area contributed by atoms with Crippen LogP contribution in [0.2, 0.25) is 0 Å². The zero-order valence-corrected chi connectivity index (χ0v) is 18.4. The molecule has 31 heavy (non-hydrogen) atoms. The largest absolute Gasteiger partial charge is 0.371 e. The number of imide groups is 1. The quantitative estimate of drug-likeness (QED) is 0.775. The van der Waals surface area contributed by atoms with E-state index in [0.717, 1.165) is 24.7 Å². The summed E-state index contributed by atoms with van der Waals surface area (Å²) in [5, 5.41) is 2.41. The van der Waals surface area contributed by atoms with Gasteiger partial charge in [-0.15, -0.1) is 0 Å². The van der Waals surface area contributed by atoms with Gasteiger partial charge in [0.1, 0.15) is 0 Å². The van der Waals surface area contributed by atoms with E-state index in [1.165, 1.54) is 63.8 Å². The molecule has 1 spiro atoms. The minimum atomic E-state index is -0.320. The molecule has 3 N–H and O–H groups in total. The molecule has 0 atom stereocenters. The average molecular weight is 426 g/mol. The smallest absolute Gasteiger partial charge is 0.328 e. The predicted octanol–water partition coefficient (Wildman–Crippen LogP) is 2.55. The molecule has 5 rings (SSSR count). The first-order chi connectivity index (χ1) is 15.0. The Morgan fingerprint density at radius 3 is 2.39 bits per heavy atom. The highest BCUT2D eigenvalue weighted by molar-refractivity contribution is 6.05. The van der Waals surface area contributed by atoms with Crippen molar-refractivity contribution < 1.29 is 9.59 Å². The number of nitrogens with zero attached hydrogens (tertiary/aromatic N) is 3. The maximum atomic E-state index is 12.2. The predicted molar refractivity (Wildman–Crippen MR) is 122 cm³/mol. The highest BCUT2D eigenvalue weighted by atomic mass is 16.2. The van der Waals surface area contributed by atoms with Gasteiger partial charge in [0.15, 0.2) is 0 Å². The van der Waals surface area contributed by atoms with Crippen LogP contribution in [0.1, 0.15) is 44.9 Å². The lowest BCUT2D eigenvalue weighted by molar-refractivity contribution is -0.120. The van der Waals surface area contributed by atoms with Crippen molar-refractivity contribution in [2.75, 3.05) is 49.1 Å². The summed E-state index contributed by atoms with van der Waals surface area (Å²) >= 11 is 0. The number of hydrogen-bond acceptors (Lipinski definition) is 5. The van der Waals surface area contributed by atoms with E-state index in [0.29, 0.717) is 24.4 Å². The lowest BCUT2D eigenvalue weighted by Gasteiger charge is -2.51. The van der Waals surface area contributed by atoms with Gasteiger partial charge in [0.05, 0.1) is 0 Å². The summed E-state index contributed by atoms with van der Waals surface area (Å²) in [5.74, 6) is 0.579. The van der Waals surface area contributed by atoms with Gasteiger partial charge in [0.25, 0.3) is 0 Å². The van der Waals surface area contributed by atoms with Gasteiger partial charge in [0, 0.05) is 50.0 Å². The van der Waals surface area contributed by atoms with Crippen molar-refractivity contribution in [3.05, 3.63) is 24.3 Å². The fourth-order valence-corrected chi connectivity index (χ4v) is 6.08. The van der Waals surface area contributed by atoms with E-state index < -0.39 is 0 Å². The molecule has 1 saturated carbocycles. The summed E-state index contributed by atoms with van der Waals surface area (Å²) in [7, 11) is 0. The van der Waals surface area contributed by atoms with Crippen LogP contribution in [0, 0.1) is 11.3 Å². The first-order valence-corrected chi connectivity index (χ1v) is 11.9. The van der Waals surface area contributed by atoms with Gasteiger partial charge in [-0.05, 0) is 81.1 Å². The summed E-state index contributed by atoms with van der Waals surface area (Å²) in [5.41, 5.74) is 8.66. The number of anilines is 2. The molecule has 1 aromatic rings. The van der Waals surface area contributed by atoms with Crippen LogP contribution < -0.4 is 20.9 Å². The van der Waals surface area contributed by atoms with Crippen LogP contribution in [0.25, 0.3) is 0 Å². The van der Waals surface area contributed by atoms with Crippen LogP contribution in [0.15, 0.2) is 24.3 Å². The van der Waals surface area contributed by atoms with Crippen LogP contribution in [-0.4, -0.2) is 62.1 Å². The molecule has 168 valence electrons. The van der Waals surface area contributed by atoms with Crippen LogP contribution in [0.4, 0.5) is 16.2 Å². The number of hydrogen-bond donors (Lipinski definition) is 2. The van der Waals surface area contributed by atoms with Crippen molar-refractivity contribution in [1.29, 1.82) is 0 Å². The maximum absolute atomic E-state index is 12.2. The van der Waals surface area contributed by atoms with E-state index in [1.54, 1.807) is 4.90 Å². The number of urea groups is 1. The third kappa shape index (κ3) is 4.44. The van der Waals surface area contributed by atoms with Crippen LogP contribution >= 0.6 is 0 Å². The van der Waals surface area contributed by atoms with Crippen LogP contribution in [-0.2, 0) is 4.79 Å². The van der Waals surface area contributed by atoms with Gasteiger partial charge in [-0.2, -0.15) is 0 Å². The molecule has 3 amide bonds. The molecule has 7 heteroatoms. The van der Waals surface area contributed by atoms with E-state index in [2.05, 4.69) is 27.2 Å². The SMILES string of the molecule is NC1CC2(CCN(CC3CCN(c4cccc(N5CCC(=O)NC5=O)c4)CC3)CC2)C1. The third-order valence-electron chi connectivity index (χ3n) is 8.00. The number of piperidine rings is 2. The summed E-state index contributed by atoms with van der Waals surface area (Å²) in [6.45, 7) is 6.29. The first kappa shape index (κ1) is 20.8. The fraction of sp³-hybridized carbons (Fsp3) is 0.667. The second-order valence-corrected chi connectivity index (χ2v) is 10.2. The number of carbonyl (C=O) groups is 2. The van der Waals surface area contributed by atoms with Crippen LogP contribution in [0.5, 0.6) is 0 Å². The second-order valence-electron chi connectivity index (χ2n) is 10.2. The molecule has 3 aliphatic heterocycles. The molecule has 1 aromatic carbocycles. The van der Waals surface area contributed by atoms with E-state index >= 15 is 0 Å². The summed E-state index contributed by atoms with van der Waals surface area (Å²) in [6.07, 6.45) is 7.95.